The molecule has 1 heterocycles. The van der Waals surface area contributed by atoms with Crippen LogP contribution in [0.25, 0.3) is 6.08 Å². The summed E-state index contributed by atoms with van der Waals surface area (Å²) in [5.41, 5.74) is 3.07. The molecule has 0 spiro atoms. The highest BCUT2D eigenvalue weighted by atomic mass is 32.2. The number of aryl methyl sites for hydroxylation is 1. The first-order valence-corrected chi connectivity index (χ1v) is 11.9. The van der Waals surface area contributed by atoms with E-state index >= 15 is 0 Å². The fourth-order valence-corrected chi connectivity index (χ4v) is 5.08. The number of carbonyl (C=O) groups is 2. The number of nitrogens with zero attached hydrogens (tertiary/aromatic N) is 1. The van der Waals surface area contributed by atoms with E-state index in [2.05, 4.69) is 0 Å². The minimum Gasteiger partial charge on any atom is -0.493 e. The van der Waals surface area contributed by atoms with Gasteiger partial charge in [-0.1, -0.05) is 78.6 Å². The van der Waals surface area contributed by atoms with Gasteiger partial charge in [0, 0.05) is 0 Å². The Bertz CT molecular complexity index is 1290. The van der Waals surface area contributed by atoms with E-state index in [4.69, 9.17) is 21.7 Å². The maximum Gasteiger partial charge on any atom is 0.343 e. The van der Waals surface area contributed by atoms with E-state index in [1.165, 1.54) is 18.9 Å². The summed E-state index contributed by atoms with van der Waals surface area (Å²) in [4.78, 5) is 27.9. The molecule has 0 aliphatic carbocycles. The molecule has 1 atom stereocenters. The standard InChI is InChI=1S/C27H23NO4S2/c1-17-9-7-8-12-21(17)26(30)32-22-14-13-19(15-23(22)31-3)16-24-25(29)28(27(33)34-24)18(2)20-10-5-4-6-11-20/h4-16,18H,1-3H3/b24-16-/t18-/m0/s1. The third-order valence-corrected chi connectivity index (χ3v) is 6.88. The summed E-state index contributed by atoms with van der Waals surface area (Å²) in [5.74, 6) is 0.0993. The van der Waals surface area contributed by atoms with Crippen LogP contribution in [-0.4, -0.2) is 28.2 Å². The second-order valence-corrected chi connectivity index (χ2v) is 9.43. The molecule has 0 radical (unpaired) electrons. The number of esters is 1. The van der Waals surface area contributed by atoms with Crippen molar-refractivity contribution in [2.75, 3.05) is 7.11 Å². The zero-order valence-corrected chi connectivity index (χ0v) is 20.6. The summed E-state index contributed by atoms with van der Waals surface area (Å²) in [7, 11) is 1.51. The molecule has 0 aromatic heterocycles. The van der Waals surface area contributed by atoms with E-state index in [9.17, 15) is 9.59 Å². The Morgan fingerprint density at radius 3 is 2.44 bits per heavy atom. The Balaban J connectivity index is 1.55. The van der Waals surface area contributed by atoms with E-state index in [0.29, 0.717) is 26.3 Å². The van der Waals surface area contributed by atoms with Crippen molar-refractivity contribution in [3.05, 3.63) is 100.0 Å². The molecule has 4 rings (SSSR count). The number of methoxy groups -OCH3 is 1. The molecular formula is C27H23NO4S2. The molecule has 5 nitrogen and oxygen atoms in total. The van der Waals surface area contributed by atoms with Crippen molar-refractivity contribution in [2.45, 2.75) is 19.9 Å². The average molecular weight is 490 g/mol. The van der Waals surface area contributed by atoms with Crippen molar-refractivity contribution in [1.82, 2.24) is 4.90 Å². The van der Waals surface area contributed by atoms with Gasteiger partial charge >= 0.3 is 5.97 Å². The van der Waals surface area contributed by atoms with Gasteiger partial charge in [0.25, 0.3) is 5.91 Å². The van der Waals surface area contributed by atoms with Crippen LogP contribution in [0.2, 0.25) is 0 Å². The maximum atomic E-state index is 13.1. The van der Waals surface area contributed by atoms with Crippen LogP contribution in [0.4, 0.5) is 0 Å². The van der Waals surface area contributed by atoms with E-state index in [0.717, 1.165) is 16.7 Å². The van der Waals surface area contributed by atoms with Crippen LogP contribution in [0.5, 0.6) is 11.5 Å². The monoisotopic (exact) mass is 489 g/mol. The third-order valence-electron chi connectivity index (χ3n) is 5.55. The normalized spacial score (nSPS) is 15.5. The lowest BCUT2D eigenvalue weighted by molar-refractivity contribution is -0.123. The fraction of sp³-hybridized carbons (Fsp3) is 0.148. The number of rotatable bonds is 6. The zero-order valence-electron chi connectivity index (χ0n) is 19.0. The van der Waals surface area contributed by atoms with Crippen LogP contribution < -0.4 is 9.47 Å². The lowest BCUT2D eigenvalue weighted by atomic mass is 10.1. The van der Waals surface area contributed by atoms with E-state index < -0.39 is 5.97 Å². The first-order valence-electron chi connectivity index (χ1n) is 10.7. The lowest BCUT2D eigenvalue weighted by Crippen LogP contribution is -2.30. The lowest BCUT2D eigenvalue weighted by Gasteiger charge is -2.23. The SMILES string of the molecule is COc1cc(/C=C2\SC(=S)N([C@@H](C)c3ccccc3)C2=O)ccc1OC(=O)c1ccccc1C. The Morgan fingerprint density at radius 2 is 1.74 bits per heavy atom. The number of hydrogen-bond donors (Lipinski definition) is 0. The summed E-state index contributed by atoms with van der Waals surface area (Å²) >= 11 is 6.78. The van der Waals surface area contributed by atoms with Gasteiger partial charge < -0.3 is 9.47 Å². The molecule has 3 aromatic carbocycles. The summed E-state index contributed by atoms with van der Waals surface area (Å²) in [6.45, 7) is 3.81. The van der Waals surface area contributed by atoms with Crippen LogP contribution in [-0.2, 0) is 4.79 Å². The molecular weight excluding hydrogens is 466 g/mol. The van der Waals surface area contributed by atoms with Crippen LogP contribution >= 0.6 is 24.0 Å². The fourth-order valence-electron chi connectivity index (χ4n) is 3.66. The molecule has 3 aromatic rings. The average Bonchev–Trinajstić information content (AvgIpc) is 3.12. The summed E-state index contributed by atoms with van der Waals surface area (Å²) in [6, 6.07) is 22.0. The highest BCUT2D eigenvalue weighted by molar-refractivity contribution is 8.26. The maximum absolute atomic E-state index is 13.1. The number of thiocarbonyl (C=S) groups is 1. The van der Waals surface area contributed by atoms with Gasteiger partial charge in [0.1, 0.15) is 4.32 Å². The Kier molecular flexibility index (Phi) is 7.14. The van der Waals surface area contributed by atoms with Gasteiger partial charge in [-0.25, -0.2) is 4.79 Å². The highest BCUT2D eigenvalue weighted by Crippen LogP contribution is 2.39. The first-order chi connectivity index (χ1) is 16.4. The molecule has 0 bridgehead atoms. The van der Waals surface area contributed by atoms with Gasteiger partial charge in [-0.05, 0) is 54.8 Å². The smallest absolute Gasteiger partial charge is 0.343 e. The second-order valence-electron chi connectivity index (χ2n) is 7.75. The summed E-state index contributed by atoms with van der Waals surface area (Å²) in [5, 5.41) is 0. The molecule has 1 amide bonds. The van der Waals surface area contributed by atoms with Gasteiger partial charge in [-0.2, -0.15) is 0 Å². The van der Waals surface area contributed by atoms with Gasteiger partial charge in [-0.15, -0.1) is 0 Å². The minimum atomic E-state index is -0.458. The zero-order chi connectivity index (χ0) is 24.2. The van der Waals surface area contributed by atoms with Gasteiger partial charge in [-0.3, -0.25) is 9.69 Å². The topological polar surface area (TPSA) is 55.8 Å². The molecule has 0 saturated carbocycles. The Morgan fingerprint density at radius 1 is 1.03 bits per heavy atom. The van der Waals surface area contributed by atoms with Gasteiger partial charge in [0.15, 0.2) is 11.5 Å². The van der Waals surface area contributed by atoms with E-state index in [1.54, 1.807) is 41.3 Å². The van der Waals surface area contributed by atoms with Crippen LogP contribution in [0.1, 0.15) is 40.0 Å². The molecule has 0 unspecified atom stereocenters. The van der Waals surface area contributed by atoms with Gasteiger partial charge in [0.2, 0.25) is 0 Å². The number of carbonyl (C=O) groups excluding carboxylic acids is 2. The minimum absolute atomic E-state index is 0.139. The highest BCUT2D eigenvalue weighted by Gasteiger charge is 2.35. The van der Waals surface area contributed by atoms with E-state index in [1.807, 2.05) is 56.3 Å². The predicted octanol–water partition coefficient (Wildman–Crippen LogP) is 6.19. The summed E-state index contributed by atoms with van der Waals surface area (Å²) < 4.78 is 11.5. The van der Waals surface area contributed by atoms with Gasteiger partial charge in [0.05, 0.1) is 23.6 Å². The van der Waals surface area contributed by atoms with Crippen LogP contribution in [0.15, 0.2) is 77.7 Å². The van der Waals surface area contributed by atoms with Crippen molar-refractivity contribution in [2.24, 2.45) is 0 Å². The molecule has 1 aliphatic rings. The molecule has 1 aliphatic heterocycles. The molecule has 172 valence electrons. The molecule has 0 N–H and O–H groups in total. The molecule has 1 fully saturated rings. The van der Waals surface area contributed by atoms with Crippen molar-refractivity contribution >= 4 is 46.3 Å². The quantitative estimate of drug-likeness (QED) is 0.178. The number of hydrogen-bond acceptors (Lipinski definition) is 6. The number of ether oxygens (including phenoxy) is 2. The summed E-state index contributed by atoms with van der Waals surface area (Å²) in [6.07, 6.45) is 1.77. The van der Waals surface area contributed by atoms with Crippen molar-refractivity contribution in [3.63, 3.8) is 0 Å². The molecule has 1 saturated heterocycles. The van der Waals surface area contributed by atoms with Crippen molar-refractivity contribution < 1.29 is 19.1 Å². The Labute approximate surface area is 208 Å². The number of amides is 1. The van der Waals surface area contributed by atoms with Crippen LogP contribution in [0, 0.1) is 6.92 Å². The van der Waals surface area contributed by atoms with Crippen LogP contribution in [0.3, 0.4) is 0 Å². The third kappa shape index (κ3) is 4.90. The Hall–Kier alpha value is -3.42. The second kappa shape index (κ2) is 10.2. The molecule has 7 heteroatoms. The van der Waals surface area contributed by atoms with Crippen molar-refractivity contribution in [1.29, 1.82) is 0 Å². The largest absolute Gasteiger partial charge is 0.493 e. The van der Waals surface area contributed by atoms with Crippen molar-refractivity contribution in [3.8, 4) is 11.5 Å². The number of thioether (sulfide) groups is 1. The molecule has 34 heavy (non-hydrogen) atoms. The van der Waals surface area contributed by atoms with E-state index in [-0.39, 0.29) is 11.9 Å². The first kappa shape index (κ1) is 23.7. The predicted molar refractivity (Wildman–Crippen MR) is 139 cm³/mol. The number of benzene rings is 3.